The van der Waals surface area contributed by atoms with Gasteiger partial charge in [0.15, 0.2) is 0 Å². The number of hydrogen-bond acceptors (Lipinski definition) is 6. The summed E-state index contributed by atoms with van der Waals surface area (Å²) in [6.45, 7) is 6.87. The van der Waals surface area contributed by atoms with E-state index in [0.29, 0.717) is 34.8 Å². The van der Waals surface area contributed by atoms with E-state index < -0.39 is 0 Å². The van der Waals surface area contributed by atoms with Gasteiger partial charge in [-0.3, -0.25) is 10.8 Å². The molecule has 250 valence electrons. The van der Waals surface area contributed by atoms with Gasteiger partial charge in [-0.1, -0.05) is 94.3 Å². The fourth-order valence-electron chi connectivity index (χ4n) is 6.32. The van der Waals surface area contributed by atoms with Crippen molar-refractivity contribution >= 4 is 40.2 Å². The van der Waals surface area contributed by atoms with E-state index in [1.54, 1.807) is 23.9 Å². The van der Waals surface area contributed by atoms with Crippen molar-refractivity contribution < 1.29 is 14.3 Å². The van der Waals surface area contributed by atoms with Crippen LogP contribution in [0, 0.1) is 10.8 Å². The Hall–Kier alpha value is -4.88. The van der Waals surface area contributed by atoms with Gasteiger partial charge in [-0.2, -0.15) is 0 Å². The highest BCUT2D eigenvalue weighted by atomic mass is 32.2. The van der Waals surface area contributed by atoms with E-state index in [1.165, 1.54) is 10.5 Å². The normalized spacial score (nSPS) is 12.2. The number of unbranched alkanes of at least 4 members (excludes halogenated alkanes) is 3. The molecule has 0 spiro atoms. The second kappa shape index (κ2) is 15.6. The minimum atomic E-state index is -0.362. The SMILES string of the molecule is CCCCCOC(=O)c1cccc(Oc2cc(CCCC)cc3cc4c(c(-c5cccc(Sc6ccccc6CC)c5)c23)C(=N)NC4=N)c1. The van der Waals surface area contributed by atoms with Crippen LogP contribution >= 0.6 is 11.8 Å². The maximum absolute atomic E-state index is 12.9. The van der Waals surface area contributed by atoms with Gasteiger partial charge in [0.2, 0.25) is 0 Å². The molecule has 6 rings (SSSR count). The Morgan fingerprint density at radius 3 is 2.43 bits per heavy atom. The van der Waals surface area contributed by atoms with E-state index in [0.717, 1.165) is 77.3 Å². The molecule has 0 bridgehead atoms. The molecule has 0 amide bonds. The number of carbonyl (C=O) groups is 1. The van der Waals surface area contributed by atoms with E-state index in [2.05, 4.69) is 86.8 Å². The van der Waals surface area contributed by atoms with E-state index in [1.807, 2.05) is 18.2 Å². The summed E-state index contributed by atoms with van der Waals surface area (Å²) in [7, 11) is 0. The molecule has 1 aliphatic rings. The molecule has 6 nitrogen and oxygen atoms in total. The lowest BCUT2D eigenvalue weighted by molar-refractivity contribution is 0.0497. The number of ether oxygens (including phenoxy) is 2. The predicted molar refractivity (Wildman–Crippen MR) is 201 cm³/mol. The minimum Gasteiger partial charge on any atom is -0.462 e. The number of carbonyl (C=O) groups excluding carboxylic acids is 1. The lowest BCUT2D eigenvalue weighted by Crippen LogP contribution is -2.20. The minimum absolute atomic E-state index is 0.195. The molecule has 0 unspecified atom stereocenters. The molecule has 0 radical (unpaired) electrons. The van der Waals surface area contributed by atoms with Crippen molar-refractivity contribution in [3.05, 3.63) is 119 Å². The summed E-state index contributed by atoms with van der Waals surface area (Å²) in [6, 6.07) is 30.3. The van der Waals surface area contributed by atoms with Crippen LogP contribution in [0.2, 0.25) is 0 Å². The van der Waals surface area contributed by atoms with Gasteiger partial charge in [0, 0.05) is 31.9 Å². The van der Waals surface area contributed by atoms with Crippen molar-refractivity contribution in [1.29, 1.82) is 10.8 Å². The number of rotatable bonds is 14. The molecule has 0 fully saturated rings. The zero-order chi connectivity index (χ0) is 34.3. The largest absolute Gasteiger partial charge is 0.462 e. The molecule has 5 aromatic carbocycles. The first-order valence-electron chi connectivity index (χ1n) is 17.3. The fourth-order valence-corrected chi connectivity index (χ4v) is 7.40. The lowest BCUT2D eigenvalue weighted by atomic mass is 9.88. The molecular weight excluding hydrogens is 627 g/mol. The van der Waals surface area contributed by atoms with Gasteiger partial charge in [0.05, 0.1) is 12.2 Å². The van der Waals surface area contributed by atoms with Crippen LogP contribution in [0.3, 0.4) is 0 Å². The first-order valence-corrected chi connectivity index (χ1v) is 18.1. The third-order valence-electron chi connectivity index (χ3n) is 8.83. The summed E-state index contributed by atoms with van der Waals surface area (Å²) in [6.07, 6.45) is 6.84. The number of aryl methyl sites for hydroxylation is 2. The van der Waals surface area contributed by atoms with Crippen molar-refractivity contribution in [2.45, 2.75) is 75.5 Å². The van der Waals surface area contributed by atoms with Gasteiger partial charge in [-0.25, -0.2) is 4.79 Å². The van der Waals surface area contributed by atoms with Gasteiger partial charge < -0.3 is 14.8 Å². The first-order chi connectivity index (χ1) is 23.9. The van der Waals surface area contributed by atoms with Crippen LogP contribution in [-0.4, -0.2) is 24.2 Å². The predicted octanol–water partition coefficient (Wildman–Crippen LogP) is 11.0. The molecule has 0 aliphatic carbocycles. The topological polar surface area (TPSA) is 95.3 Å². The average Bonchev–Trinajstić information content (AvgIpc) is 3.40. The van der Waals surface area contributed by atoms with Crippen LogP contribution in [0.5, 0.6) is 11.5 Å². The monoisotopic (exact) mass is 669 g/mol. The van der Waals surface area contributed by atoms with E-state index in [-0.39, 0.29) is 17.6 Å². The Kier molecular flexibility index (Phi) is 10.8. The Morgan fingerprint density at radius 2 is 1.61 bits per heavy atom. The van der Waals surface area contributed by atoms with Crippen LogP contribution in [0.4, 0.5) is 0 Å². The van der Waals surface area contributed by atoms with Crippen LogP contribution in [0.25, 0.3) is 21.9 Å². The van der Waals surface area contributed by atoms with Crippen LogP contribution in [0.1, 0.15) is 85.5 Å². The Balaban J connectivity index is 1.49. The molecular formula is C42H43N3O3S. The molecule has 1 heterocycles. The number of benzene rings is 5. The van der Waals surface area contributed by atoms with E-state index in [4.69, 9.17) is 20.3 Å². The molecule has 0 atom stereocenters. The summed E-state index contributed by atoms with van der Waals surface area (Å²) in [4.78, 5) is 15.2. The standard InChI is InChI=1S/C42H43N3O3S/c1-4-7-11-21-47-42(46)30-17-12-18-32(24-30)48-35-23-27(14-8-5-2)22-31-26-34-39(41(44)45-40(34)43)38(37(31)35)29-16-13-19-33(25-29)49-36-20-10-9-15-28(36)6-3/h9-10,12-13,15-20,22-26H,4-8,11,14,21H2,1-3H3,(H3,43,44,45). The highest BCUT2D eigenvalue weighted by molar-refractivity contribution is 7.99. The summed E-state index contributed by atoms with van der Waals surface area (Å²) in [5.41, 5.74) is 6.05. The molecule has 3 N–H and O–H groups in total. The molecule has 0 aromatic heterocycles. The van der Waals surface area contributed by atoms with E-state index >= 15 is 0 Å². The maximum atomic E-state index is 12.9. The fraction of sp³-hybridized carbons (Fsp3) is 0.262. The van der Waals surface area contributed by atoms with Crippen molar-refractivity contribution in [1.82, 2.24) is 5.32 Å². The summed E-state index contributed by atoms with van der Waals surface area (Å²) < 4.78 is 12.3. The molecule has 5 aromatic rings. The van der Waals surface area contributed by atoms with Crippen molar-refractivity contribution in [3.63, 3.8) is 0 Å². The van der Waals surface area contributed by atoms with Gasteiger partial charge >= 0.3 is 5.97 Å². The average molecular weight is 670 g/mol. The van der Waals surface area contributed by atoms with Crippen LogP contribution < -0.4 is 10.1 Å². The quantitative estimate of drug-likeness (QED) is 0.0808. The lowest BCUT2D eigenvalue weighted by Gasteiger charge is -2.19. The first kappa shape index (κ1) is 34.0. The number of hydrogen-bond donors (Lipinski definition) is 3. The molecule has 7 heteroatoms. The van der Waals surface area contributed by atoms with E-state index in [9.17, 15) is 4.79 Å². The van der Waals surface area contributed by atoms with Crippen molar-refractivity contribution in [2.24, 2.45) is 0 Å². The molecule has 49 heavy (non-hydrogen) atoms. The zero-order valence-electron chi connectivity index (χ0n) is 28.5. The van der Waals surface area contributed by atoms with Gasteiger partial charge in [0.1, 0.15) is 23.2 Å². The smallest absolute Gasteiger partial charge is 0.338 e. The van der Waals surface area contributed by atoms with Crippen LogP contribution in [0.15, 0.2) is 101 Å². The Labute approximate surface area is 293 Å². The molecule has 0 saturated heterocycles. The zero-order valence-corrected chi connectivity index (χ0v) is 29.3. The Bertz CT molecular complexity index is 2040. The molecule has 0 saturated carbocycles. The number of esters is 1. The third-order valence-corrected chi connectivity index (χ3v) is 9.94. The highest BCUT2D eigenvalue weighted by Crippen LogP contribution is 2.44. The van der Waals surface area contributed by atoms with Crippen molar-refractivity contribution in [3.8, 4) is 22.6 Å². The van der Waals surface area contributed by atoms with Crippen LogP contribution in [-0.2, 0) is 17.6 Å². The summed E-state index contributed by atoms with van der Waals surface area (Å²) in [5, 5.41) is 22.5. The maximum Gasteiger partial charge on any atom is 0.338 e. The number of fused-ring (bicyclic) bond motifs is 2. The van der Waals surface area contributed by atoms with Crippen molar-refractivity contribution in [2.75, 3.05) is 6.61 Å². The highest BCUT2D eigenvalue weighted by Gasteiger charge is 2.29. The van der Waals surface area contributed by atoms with Gasteiger partial charge in [0.25, 0.3) is 0 Å². The third kappa shape index (κ3) is 7.57. The second-order valence-corrected chi connectivity index (χ2v) is 13.5. The van der Waals surface area contributed by atoms with Gasteiger partial charge in [-0.05, 0) is 96.3 Å². The number of nitrogens with one attached hydrogen (secondary N) is 3. The summed E-state index contributed by atoms with van der Waals surface area (Å²) >= 11 is 1.73. The Morgan fingerprint density at radius 1 is 0.796 bits per heavy atom. The second-order valence-electron chi connectivity index (χ2n) is 12.4. The number of amidine groups is 2. The van der Waals surface area contributed by atoms with Gasteiger partial charge in [-0.15, -0.1) is 0 Å². The summed E-state index contributed by atoms with van der Waals surface area (Å²) in [5.74, 6) is 1.23. The molecule has 1 aliphatic heterocycles.